The third-order valence-electron chi connectivity index (χ3n) is 2.62. The Morgan fingerprint density at radius 1 is 1.16 bits per heavy atom. The summed E-state index contributed by atoms with van der Waals surface area (Å²) in [6.45, 7) is 0.247. The maximum Gasteiger partial charge on any atom is 0.248 e. The van der Waals surface area contributed by atoms with Gasteiger partial charge in [-0.1, -0.05) is 12.1 Å². The van der Waals surface area contributed by atoms with E-state index in [1.54, 1.807) is 12.1 Å². The first-order valence-corrected chi connectivity index (χ1v) is 5.64. The molecule has 2 aromatic carbocycles. The summed E-state index contributed by atoms with van der Waals surface area (Å²) in [7, 11) is 0. The molecule has 2 aromatic rings. The van der Waals surface area contributed by atoms with Crippen molar-refractivity contribution in [3.8, 4) is 0 Å². The lowest BCUT2D eigenvalue weighted by atomic mass is 10.1. The summed E-state index contributed by atoms with van der Waals surface area (Å²) in [6, 6.07) is 9.77. The van der Waals surface area contributed by atoms with Gasteiger partial charge in [-0.25, -0.2) is 8.78 Å². The van der Waals surface area contributed by atoms with E-state index in [1.165, 1.54) is 24.3 Å². The minimum atomic E-state index is -0.631. The maximum absolute atomic E-state index is 13.5. The van der Waals surface area contributed by atoms with E-state index in [0.29, 0.717) is 5.56 Å². The van der Waals surface area contributed by atoms with E-state index in [4.69, 9.17) is 5.73 Å². The van der Waals surface area contributed by atoms with Crippen LogP contribution < -0.4 is 11.1 Å². The van der Waals surface area contributed by atoms with Gasteiger partial charge in [-0.2, -0.15) is 0 Å². The predicted molar refractivity (Wildman–Crippen MR) is 68.6 cm³/mol. The first-order valence-electron chi connectivity index (χ1n) is 5.64. The van der Waals surface area contributed by atoms with E-state index >= 15 is 0 Å². The van der Waals surface area contributed by atoms with Crippen LogP contribution in [0.2, 0.25) is 0 Å². The van der Waals surface area contributed by atoms with Crippen LogP contribution >= 0.6 is 0 Å². The summed E-state index contributed by atoms with van der Waals surface area (Å²) in [5, 5.41) is 2.80. The second kappa shape index (κ2) is 5.48. The minimum absolute atomic E-state index is 0.153. The lowest BCUT2D eigenvalue weighted by molar-refractivity contribution is 0.100. The van der Waals surface area contributed by atoms with Crippen LogP contribution in [0.25, 0.3) is 0 Å². The standard InChI is InChI=1S/C14H12F2N2O/c15-11-3-1-2-9(6-11)8-18-13-7-10(14(17)19)4-5-12(13)16/h1-7,18H,8H2,(H2,17,19). The molecule has 0 aliphatic heterocycles. The van der Waals surface area contributed by atoms with E-state index in [0.717, 1.165) is 6.07 Å². The second-order valence-electron chi connectivity index (χ2n) is 4.04. The van der Waals surface area contributed by atoms with Crippen molar-refractivity contribution < 1.29 is 13.6 Å². The van der Waals surface area contributed by atoms with Crippen LogP contribution in [-0.4, -0.2) is 5.91 Å². The topological polar surface area (TPSA) is 55.1 Å². The van der Waals surface area contributed by atoms with Crippen LogP contribution in [0.15, 0.2) is 42.5 Å². The highest BCUT2D eigenvalue weighted by atomic mass is 19.1. The van der Waals surface area contributed by atoms with Crippen molar-refractivity contribution in [2.24, 2.45) is 5.73 Å². The van der Waals surface area contributed by atoms with E-state index in [1.807, 2.05) is 0 Å². The smallest absolute Gasteiger partial charge is 0.248 e. The van der Waals surface area contributed by atoms with Crippen molar-refractivity contribution in [2.75, 3.05) is 5.32 Å². The van der Waals surface area contributed by atoms with Crippen LogP contribution in [-0.2, 0) is 6.54 Å². The number of primary amides is 1. The third-order valence-corrected chi connectivity index (χ3v) is 2.62. The number of hydrogen-bond acceptors (Lipinski definition) is 2. The number of hydrogen-bond donors (Lipinski definition) is 2. The first-order chi connectivity index (χ1) is 9.06. The number of nitrogens with one attached hydrogen (secondary N) is 1. The highest BCUT2D eigenvalue weighted by Gasteiger charge is 2.07. The number of amides is 1. The fourth-order valence-corrected chi connectivity index (χ4v) is 1.66. The van der Waals surface area contributed by atoms with Gasteiger partial charge in [0.2, 0.25) is 5.91 Å². The molecule has 98 valence electrons. The monoisotopic (exact) mass is 262 g/mol. The Balaban J connectivity index is 2.15. The molecule has 0 radical (unpaired) electrons. The Kier molecular flexibility index (Phi) is 3.75. The Labute approximate surface area is 109 Å². The number of carbonyl (C=O) groups excluding carboxylic acids is 1. The van der Waals surface area contributed by atoms with Gasteiger partial charge in [-0.05, 0) is 35.9 Å². The van der Waals surface area contributed by atoms with Gasteiger partial charge in [0.15, 0.2) is 0 Å². The number of rotatable bonds is 4. The van der Waals surface area contributed by atoms with E-state index in [9.17, 15) is 13.6 Å². The molecule has 3 N–H and O–H groups in total. The van der Waals surface area contributed by atoms with Gasteiger partial charge in [0.1, 0.15) is 11.6 Å². The summed E-state index contributed by atoms with van der Waals surface area (Å²) in [6.07, 6.45) is 0. The number of halogens is 2. The Morgan fingerprint density at radius 3 is 2.63 bits per heavy atom. The quantitative estimate of drug-likeness (QED) is 0.890. The highest BCUT2D eigenvalue weighted by molar-refractivity contribution is 5.93. The van der Waals surface area contributed by atoms with Gasteiger partial charge in [-0.3, -0.25) is 4.79 Å². The van der Waals surface area contributed by atoms with Crippen LogP contribution in [0.3, 0.4) is 0 Å². The molecule has 0 saturated heterocycles. The zero-order valence-corrected chi connectivity index (χ0v) is 9.99. The van der Waals surface area contributed by atoms with Crippen molar-refractivity contribution in [3.05, 3.63) is 65.2 Å². The minimum Gasteiger partial charge on any atom is -0.379 e. The van der Waals surface area contributed by atoms with Crippen molar-refractivity contribution in [1.29, 1.82) is 0 Å². The van der Waals surface area contributed by atoms with Crippen molar-refractivity contribution in [3.63, 3.8) is 0 Å². The van der Waals surface area contributed by atoms with E-state index in [2.05, 4.69) is 5.32 Å². The van der Waals surface area contributed by atoms with Gasteiger partial charge in [0, 0.05) is 12.1 Å². The maximum atomic E-state index is 13.5. The zero-order chi connectivity index (χ0) is 13.8. The average molecular weight is 262 g/mol. The van der Waals surface area contributed by atoms with Crippen LogP contribution in [0.4, 0.5) is 14.5 Å². The zero-order valence-electron chi connectivity index (χ0n) is 9.99. The molecule has 0 bridgehead atoms. The molecule has 2 rings (SSSR count). The van der Waals surface area contributed by atoms with Crippen molar-refractivity contribution in [2.45, 2.75) is 6.54 Å². The molecule has 0 atom stereocenters. The van der Waals surface area contributed by atoms with Gasteiger partial charge < -0.3 is 11.1 Å². The lowest BCUT2D eigenvalue weighted by Gasteiger charge is -2.09. The largest absolute Gasteiger partial charge is 0.379 e. The number of anilines is 1. The Hall–Kier alpha value is -2.43. The molecule has 0 unspecified atom stereocenters. The van der Waals surface area contributed by atoms with Crippen molar-refractivity contribution >= 4 is 11.6 Å². The molecule has 5 heteroatoms. The van der Waals surface area contributed by atoms with Crippen molar-refractivity contribution in [1.82, 2.24) is 0 Å². The fraction of sp³-hybridized carbons (Fsp3) is 0.0714. The van der Waals surface area contributed by atoms with Crippen LogP contribution in [0.5, 0.6) is 0 Å². The molecular formula is C14H12F2N2O. The normalized spacial score (nSPS) is 10.2. The molecule has 0 aliphatic carbocycles. The van der Waals surface area contributed by atoms with Gasteiger partial charge in [0.05, 0.1) is 5.69 Å². The lowest BCUT2D eigenvalue weighted by Crippen LogP contribution is -2.12. The summed E-state index contributed by atoms with van der Waals surface area (Å²) < 4.78 is 26.5. The van der Waals surface area contributed by atoms with Gasteiger partial charge in [-0.15, -0.1) is 0 Å². The molecule has 0 heterocycles. The first kappa shape index (κ1) is 13.0. The molecule has 0 aliphatic rings. The fourth-order valence-electron chi connectivity index (χ4n) is 1.66. The second-order valence-corrected chi connectivity index (χ2v) is 4.04. The molecule has 0 saturated carbocycles. The summed E-state index contributed by atoms with van der Waals surface area (Å²) >= 11 is 0. The van der Waals surface area contributed by atoms with Gasteiger partial charge >= 0.3 is 0 Å². The molecule has 0 fully saturated rings. The molecule has 1 amide bonds. The number of benzene rings is 2. The van der Waals surface area contributed by atoms with Crippen LogP contribution in [0.1, 0.15) is 15.9 Å². The van der Waals surface area contributed by atoms with E-state index in [-0.39, 0.29) is 23.6 Å². The molecule has 3 nitrogen and oxygen atoms in total. The van der Waals surface area contributed by atoms with Crippen LogP contribution in [0, 0.1) is 11.6 Å². The summed E-state index contributed by atoms with van der Waals surface area (Å²) in [5.74, 6) is -1.49. The SMILES string of the molecule is NC(=O)c1ccc(F)c(NCc2cccc(F)c2)c1. The Morgan fingerprint density at radius 2 is 1.95 bits per heavy atom. The number of nitrogens with two attached hydrogens (primary N) is 1. The third kappa shape index (κ3) is 3.28. The highest BCUT2D eigenvalue weighted by Crippen LogP contribution is 2.17. The Bertz CT molecular complexity index is 614. The predicted octanol–water partition coefficient (Wildman–Crippen LogP) is 2.68. The molecule has 19 heavy (non-hydrogen) atoms. The molecule has 0 spiro atoms. The summed E-state index contributed by atoms with van der Waals surface area (Å²) in [4.78, 5) is 11.0. The van der Waals surface area contributed by atoms with E-state index < -0.39 is 11.7 Å². The average Bonchev–Trinajstić information content (AvgIpc) is 2.37. The number of carbonyl (C=O) groups is 1. The summed E-state index contributed by atoms with van der Waals surface area (Å²) in [5.41, 5.74) is 6.16. The molecular weight excluding hydrogens is 250 g/mol. The van der Waals surface area contributed by atoms with Gasteiger partial charge in [0.25, 0.3) is 0 Å². The molecule has 0 aromatic heterocycles.